The molecule has 29 heavy (non-hydrogen) atoms. The van der Waals surface area contributed by atoms with Gasteiger partial charge in [-0.2, -0.15) is 10.2 Å². The van der Waals surface area contributed by atoms with Crippen LogP contribution in [-0.2, 0) is 0 Å². The summed E-state index contributed by atoms with van der Waals surface area (Å²) in [6.07, 6.45) is 16.2. The number of rotatable bonds is 4. The molecule has 0 aliphatic heterocycles. The number of hydrogen-bond acceptors (Lipinski definition) is 5. The molecule has 146 valence electrons. The van der Waals surface area contributed by atoms with Gasteiger partial charge >= 0.3 is 0 Å². The third-order valence-corrected chi connectivity index (χ3v) is 5.54. The maximum atomic E-state index is 12.7. The van der Waals surface area contributed by atoms with Crippen LogP contribution in [0.1, 0.15) is 42.1 Å². The topological polar surface area (TPSA) is 90.0 Å². The summed E-state index contributed by atoms with van der Waals surface area (Å²) in [5, 5.41) is 12.0. The monoisotopic (exact) mass is 387 g/mol. The molecule has 1 fully saturated rings. The van der Waals surface area contributed by atoms with Gasteiger partial charge in [0.2, 0.25) is 0 Å². The van der Waals surface area contributed by atoms with Gasteiger partial charge in [0.05, 0.1) is 41.4 Å². The SMILES string of the molecule is O=C(NC1CCC(n2cc(-c3cnccn3)cn2)CC1)c1cnn2ccccc12. The number of carbonyl (C=O) groups is 1. The summed E-state index contributed by atoms with van der Waals surface area (Å²) in [6, 6.07) is 6.23. The van der Waals surface area contributed by atoms with Crippen LogP contribution in [0.2, 0.25) is 0 Å². The average molecular weight is 387 g/mol. The van der Waals surface area contributed by atoms with E-state index in [9.17, 15) is 4.79 Å². The van der Waals surface area contributed by atoms with Crippen molar-refractivity contribution in [2.75, 3.05) is 0 Å². The largest absolute Gasteiger partial charge is 0.349 e. The lowest BCUT2D eigenvalue weighted by atomic mass is 9.91. The fourth-order valence-electron chi connectivity index (χ4n) is 3.98. The van der Waals surface area contributed by atoms with Gasteiger partial charge < -0.3 is 5.32 Å². The number of nitrogens with zero attached hydrogens (tertiary/aromatic N) is 6. The maximum absolute atomic E-state index is 12.7. The Morgan fingerprint density at radius 2 is 1.93 bits per heavy atom. The van der Waals surface area contributed by atoms with Crippen molar-refractivity contribution in [1.29, 1.82) is 0 Å². The van der Waals surface area contributed by atoms with Crippen LogP contribution in [0.25, 0.3) is 16.8 Å². The van der Waals surface area contributed by atoms with Crippen molar-refractivity contribution >= 4 is 11.4 Å². The molecule has 1 N–H and O–H groups in total. The van der Waals surface area contributed by atoms with Crippen LogP contribution < -0.4 is 5.32 Å². The van der Waals surface area contributed by atoms with Crippen LogP contribution in [0.15, 0.2) is 61.6 Å². The second kappa shape index (κ2) is 7.46. The van der Waals surface area contributed by atoms with E-state index in [4.69, 9.17) is 0 Å². The first kappa shape index (κ1) is 17.5. The highest BCUT2D eigenvalue weighted by molar-refractivity contribution is 6.00. The highest BCUT2D eigenvalue weighted by Crippen LogP contribution is 2.29. The van der Waals surface area contributed by atoms with Crippen molar-refractivity contribution in [3.05, 3.63) is 67.1 Å². The first-order valence-electron chi connectivity index (χ1n) is 9.82. The number of hydrogen-bond donors (Lipinski definition) is 1. The molecule has 1 amide bonds. The number of nitrogens with one attached hydrogen (secondary N) is 1. The number of amides is 1. The molecule has 4 aromatic heterocycles. The molecule has 8 nitrogen and oxygen atoms in total. The minimum Gasteiger partial charge on any atom is -0.349 e. The maximum Gasteiger partial charge on any atom is 0.255 e. The molecule has 0 bridgehead atoms. The Morgan fingerprint density at radius 1 is 1.03 bits per heavy atom. The predicted molar refractivity (Wildman–Crippen MR) is 107 cm³/mol. The van der Waals surface area contributed by atoms with Crippen LogP contribution in [0.4, 0.5) is 0 Å². The second-order valence-corrected chi connectivity index (χ2v) is 7.37. The van der Waals surface area contributed by atoms with Crippen LogP contribution in [0, 0.1) is 0 Å². The van der Waals surface area contributed by atoms with Gasteiger partial charge in [0.1, 0.15) is 0 Å². The van der Waals surface area contributed by atoms with E-state index in [0.717, 1.165) is 42.5 Å². The lowest BCUT2D eigenvalue weighted by Gasteiger charge is -2.29. The molecule has 1 saturated carbocycles. The predicted octanol–water partition coefficient (Wildman–Crippen LogP) is 2.90. The van der Waals surface area contributed by atoms with Crippen molar-refractivity contribution in [2.24, 2.45) is 0 Å². The zero-order valence-corrected chi connectivity index (χ0v) is 15.8. The highest BCUT2D eigenvalue weighted by atomic mass is 16.1. The fourth-order valence-corrected chi connectivity index (χ4v) is 3.98. The molecule has 0 spiro atoms. The van der Waals surface area contributed by atoms with Gasteiger partial charge in [0.25, 0.3) is 5.91 Å². The summed E-state index contributed by atoms with van der Waals surface area (Å²) in [5.74, 6) is -0.0568. The molecule has 8 heteroatoms. The van der Waals surface area contributed by atoms with E-state index < -0.39 is 0 Å². The van der Waals surface area contributed by atoms with E-state index in [1.54, 1.807) is 29.3 Å². The minimum absolute atomic E-state index is 0.0568. The summed E-state index contributed by atoms with van der Waals surface area (Å²) in [4.78, 5) is 21.1. The third-order valence-electron chi connectivity index (χ3n) is 5.54. The Labute approximate surface area is 167 Å². The smallest absolute Gasteiger partial charge is 0.255 e. The van der Waals surface area contributed by atoms with Gasteiger partial charge in [0, 0.05) is 36.4 Å². The summed E-state index contributed by atoms with van der Waals surface area (Å²) < 4.78 is 3.74. The summed E-state index contributed by atoms with van der Waals surface area (Å²) in [6.45, 7) is 0. The average Bonchev–Trinajstić information content (AvgIpc) is 3.43. The van der Waals surface area contributed by atoms with Gasteiger partial charge in [-0.3, -0.25) is 19.4 Å². The molecule has 0 saturated heterocycles. The Morgan fingerprint density at radius 3 is 2.76 bits per heavy atom. The molecular weight excluding hydrogens is 366 g/mol. The van der Waals surface area contributed by atoms with Crippen LogP contribution >= 0.6 is 0 Å². The molecule has 1 aliphatic rings. The summed E-state index contributed by atoms with van der Waals surface area (Å²) in [7, 11) is 0. The lowest BCUT2D eigenvalue weighted by Crippen LogP contribution is -2.38. The first-order chi connectivity index (χ1) is 14.3. The van der Waals surface area contributed by atoms with Gasteiger partial charge in [0.15, 0.2) is 0 Å². The van der Waals surface area contributed by atoms with E-state index >= 15 is 0 Å². The molecule has 0 radical (unpaired) electrons. The summed E-state index contributed by atoms with van der Waals surface area (Å²) >= 11 is 0. The van der Waals surface area contributed by atoms with E-state index in [1.165, 1.54) is 0 Å². The van der Waals surface area contributed by atoms with Gasteiger partial charge in [-0.1, -0.05) is 6.07 Å². The Hall–Kier alpha value is -3.55. The number of aromatic nitrogens is 6. The number of pyridine rings is 1. The molecule has 0 atom stereocenters. The standard InChI is InChI=1S/C21H21N7O/c29-21(18-12-25-27-10-2-1-3-20(18)27)26-16-4-6-17(7-5-16)28-14-15(11-24-28)19-13-22-8-9-23-19/h1-3,8-14,16-17H,4-7H2,(H,26,29). The molecule has 0 unspecified atom stereocenters. The molecule has 5 rings (SSSR count). The van der Waals surface area contributed by atoms with E-state index in [1.807, 2.05) is 41.5 Å². The van der Waals surface area contributed by atoms with Crippen molar-refractivity contribution in [1.82, 2.24) is 34.7 Å². The van der Waals surface area contributed by atoms with Crippen molar-refractivity contribution in [3.63, 3.8) is 0 Å². The normalized spacial score (nSPS) is 19.3. The van der Waals surface area contributed by atoms with Gasteiger partial charge in [-0.05, 0) is 37.8 Å². The van der Waals surface area contributed by atoms with Crippen LogP contribution in [0.5, 0.6) is 0 Å². The zero-order chi connectivity index (χ0) is 19.6. The second-order valence-electron chi connectivity index (χ2n) is 7.37. The number of carbonyl (C=O) groups excluding carboxylic acids is 1. The molecule has 4 aromatic rings. The van der Waals surface area contributed by atoms with Crippen molar-refractivity contribution in [2.45, 2.75) is 37.8 Å². The van der Waals surface area contributed by atoms with Crippen LogP contribution in [0.3, 0.4) is 0 Å². The molecule has 1 aliphatic carbocycles. The Bertz CT molecular complexity index is 1130. The van der Waals surface area contributed by atoms with E-state index in [-0.39, 0.29) is 11.9 Å². The molecule has 4 heterocycles. The Kier molecular flexibility index (Phi) is 4.51. The molecular formula is C21H21N7O. The van der Waals surface area contributed by atoms with Crippen molar-refractivity contribution < 1.29 is 4.79 Å². The highest BCUT2D eigenvalue weighted by Gasteiger charge is 2.25. The number of fused-ring (bicyclic) bond motifs is 1. The van der Waals surface area contributed by atoms with Crippen molar-refractivity contribution in [3.8, 4) is 11.3 Å². The Balaban J connectivity index is 1.21. The van der Waals surface area contributed by atoms with E-state index in [2.05, 4.69) is 25.5 Å². The fraction of sp³-hybridized carbons (Fsp3) is 0.286. The molecule has 0 aromatic carbocycles. The van der Waals surface area contributed by atoms with Gasteiger partial charge in [-0.15, -0.1) is 0 Å². The summed E-state index contributed by atoms with van der Waals surface area (Å²) in [5.41, 5.74) is 3.25. The van der Waals surface area contributed by atoms with Crippen LogP contribution in [-0.4, -0.2) is 41.3 Å². The zero-order valence-electron chi connectivity index (χ0n) is 15.8. The lowest BCUT2D eigenvalue weighted by molar-refractivity contribution is 0.0923. The quantitative estimate of drug-likeness (QED) is 0.581. The van der Waals surface area contributed by atoms with E-state index in [0.29, 0.717) is 11.6 Å². The first-order valence-corrected chi connectivity index (χ1v) is 9.82. The minimum atomic E-state index is -0.0568. The van der Waals surface area contributed by atoms with Gasteiger partial charge in [-0.25, -0.2) is 4.52 Å². The third kappa shape index (κ3) is 3.49.